The second kappa shape index (κ2) is 8.63. The molecule has 1 saturated heterocycles. The minimum absolute atomic E-state index is 0.0235. The maximum atomic E-state index is 13.3. The molecule has 0 aliphatic carbocycles. The Bertz CT molecular complexity index is 1260. The average Bonchev–Trinajstić information content (AvgIpc) is 3.23. The molecule has 3 heterocycles. The van der Waals surface area contributed by atoms with E-state index in [-0.39, 0.29) is 17.9 Å². The van der Waals surface area contributed by atoms with Crippen molar-refractivity contribution in [1.82, 2.24) is 25.4 Å². The highest BCUT2D eigenvalue weighted by atomic mass is 16.2. The number of nitrogens with one attached hydrogen (secondary N) is 2. The maximum absolute atomic E-state index is 13.3. The van der Waals surface area contributed by atoms with Crippen LogP contribution in [0.5, 0.6) is 0 Å². The number of nitrogens with zero attached hydrogens (tertiary/aromatic N) is 3. The lowest BCUT2D eigenvalue weighted by molar-refractivity contribution is -0.122. The van der Waals surface area contributed by atoms with E-state index in [0.29, 0.717) is 42.5 Å². The van der Waals surface area contributed by atoms with E-state index in [1.807, 2.05) is 71.4 Å². The predicted octanol–water partition coefficient (Wildman–Crippen LogP) is 3.16. The summed E-state index contributed by atoms with van der Waals surface area (Å²) in [6.45, 7) is 1.00. The summed E-state index contributed by atoms with van der Waals surface area (Å²) in [6.07, 6.45) is 2.75. The van der Waals surface area contributed by atoms with Crippen LogP contribution in [-0.2, 0) is 11.3 Å². The van der Waals surface area contributed by atoms with Crippen molar-refractivity contribution in [2.24, 2.45) is 0 Å². The number of aromatic nitrogens is 3. The molecule has 0 bridgehead atoms. The summed E-state index contributed by atoms with van der Waals surface area (Å²) in [6, 6.07) is 21.6. The van der Waals surface area contributed by atoms with Crippen LogP contribution < -0.4 is 10.6 Å². The fourth-order valence-corrected chi connectivity index (χ4v) is 3.98. The molecular formula is C25H23N5O2. The normalized spacial score (nSPS) is 16.0. The molecule has 4 aromatic rings. The van der Waals surface area contributed by atoms with Gasteiger partial charge in [0.1, 0.15) is 0 Å². The van der Waals surface area contributed by atoms with E-state index < -0.39 is 0 Å². The van der Waals surface area contributed by atoms with Crippen LogP contribution in [0.3, 0.4) is 0 Å². The van der Waals surface area contributed by atoms with Gasteiger partial charge in [0.25, 0.3) is 5.91 Å². The smallest absolute Gasteiger partial charge is 0.252 e. The third-order valence-corrected chi connectivity index (χ3v) is 5.70. The molecule has 0 spiro atoms. The van der Waals surface area contributed by atoms with Crippen LogP contribution in [0.4, 0.5) is 0 Å². The Morgan fingerprint density at radius 1 is 1.09 bits per heavy atom. The number of amides is 2. The Morgan fingerprint density at radius 3 is 2.56 bits per heavy atom. The topological polar surface area (TPSA) is 88.9 Å². The first-order valence-electron chi connectivity index (χ1n) is 10.7. The van der Waals surface area contributed by atoms with Gasteiger partial charge in [-0.3, -0.25) is 9.59 Å². The van der Waals surface area contributed by atoms with Crippen molar-refractivity contribution in [2.45, 2.75) is 25.4 Å². The standard InChI is InChI=1S/C25H23N5O2/c31-23-12-11-19(14-26-23)28-25(32)20-13-22(18-9-5-2-6-10-18)29-24-21(20)15-27-30(24)16-17-7-3-1-4-8-17/h1-10,13,15,19H,11-12,14,16H2,(H,26,31)(H,28,32). The molecule has 1 atom stereocenters. The molecule has 0 saturated carbocycles. The molecule has 1 aliphatic heterocycles. The van der Waals surface area contributed by atoms with E-state index >= 15 is 0 Å². The van der Waals surface area contributed by atoms with Crippen molar-refractivity contribution >= 4 is 22.8 Å². The first kappa shape index (κ1) is 19.9. The molecule has 2 aromatic carbocycles. The number of fused-ring (bicyclic) bond motifs is 1. The molecule has 7 heteroatoms. The lowest BCUT2D eigenvalue weighted by Gasteiger charge is -2.23. The summed E-state index contributed by atoms with van der Waals surface area (Å²) in [5.41, 5.74) is 3.95. The lowest BCUT2D eigenvalue weighted by Crippen LogP contribution is -2.47. The van der Waals surface area contributed by atoms with Crippen LogP contribution in [0, 0.1) is 0 Å². The van der Waals surface area contributed by atoms with Gasteiger partial charge in [-0.05, 0) is 18.1 Å². The maximum Gasteiger partial charge on any atom is 0.252 e. The zero-order valence-corrected chi connectivity index (χ0v) is 17.5. The van der Waals surface area contributed by atoms with Gasteiger partial charge in [0.15, 0.2) is 5.65 Å². The fourth-order valence-electron chi connectivity index (χ4n) is 3.98. The van der Waals surface area contributed by atoms with Gasteiger partial charge in [0.2, 0.25) is 5.91 Å². The van der Waals surface area contributed by atoms with Crippen molar-refractivity contribution in [3.8, 4) is 11.3 Å². The molecule has 7 nitrogen and oxygen atoms in total. The molecular weight excluding hydrogens is 402 g/mol. The predicted molar refractivity (Wildman–Crippen MR) is 122 cm³/mol. The van der Waals surface area contributed by atoms with Crippen LogP contribution in [0.25, 0.3) is 22.3 Å². The number of piperidine rings is 1. The molecule has 5 rings (SSSR count). The Hall–Kier alpha value is -4.00. The van der Waals surface area contributed by atoms with Crippen molar-refractivity contribution in [3.05, 3.63) is 84.1 Å². The summed E-state index contributed by atoms with van der Waals surface area (Å²) in [5.74, 6) is -0.162. The molecule has 2 N–H and O–H groups in total. The van der Waals surface area contributed by atoms with Crippen LogP contribution in [-0.4, -0.2) is 39.2 Å². The highest BCUT2D eigenvalue weighted by Crippen LogP contribution is 2.25. The quantitative estimate of drug-likeness (QED) is 0.514. The van der Waals surface area contributed by atoms with Crippen LogP contribution in [0.2, 0.25) is 0 Å². The third kappa shape index (κ3) is 4.09. The van der Waals surface area contributed by atoms with E-state index in [1.54, 1.807) is 6.20 Å². The van der Waals surface area contributed by atoms with Crippen LogP contribution >= 0.6 is 0 Å². The van der Waals surface area contributed by atoms with Crippen molar-refractivity contribution in [3.63, 3.8) is 0 Å². The first-order chi connectivity index (χ1) is 15.7. The number of pyridine rings is 1. The van der Waals surface area contributed by atoms with Crippen LogP contribution in [0.15, 0.2) is 72.9 Å². The van der Waals surface area contributed by atoms with Gasteiger partial charge in [-0.25, -0.2) is 9.67 Å². The lowest BCUT2D eigenvalue weighted by atomic mass is 10.0. The summed E-state index contributed by atoms with van der Waals surface area (Å²) >= 11 is 0. The van der Waals surface area contributed by atoms with Gasteiger partial charge < -0.3 is 10.6 Å². The number of rotatable bonds is 5. The summed E-state index contributed by atoms with van der Waals surface area (Å²) in [4.78, 5) is 29.6. The van der Waals surface area contributed by atoms with Gasteiger partial charge >= 0.3 is 0 Å². The molecule has 2 aromatic heterocycles. The Morgan fingerprint density at radius 2 is 1.84 bits per heavy atom. The largest absolute Gasteiger partial charge is 0.354 e. The van der Waals surface area contributed by atoms with Gasteiger partial charge in [0, 0.05) is 24.6 Å². The molecule has 1 aliphatic rings. The Kier molecular flexibility index (Phi) is 5.37. The molecule has 1 unspecified atom stereocenters. The molecule has 2 amide bonds. The number of hydrogen-bond acceptors (Lipinski definition) is 4. The van der Waals surface area contributed by atoms with Gasteiger partial charge in [-0.2, -0.15) is 5.10 Å². The zero-order chi connectivity index (χ0) is 21.9. The van der Waals surface area contributed by atoms with Crippen molar-refractivity contribution < 1.29 is 9.59 Å². The van der Waals surface area contributed by atoms with E-state index in [2.05, 4.69) is 15.7 Å². The highest BCUT2D eigenvalue weighted by Gasteiger charge is 2.23. The van der Waals surface area contributed by atoms with E-state index in [0.717, 1.165) is 16.8 Å². The first-order valence-corrected chi connectivity index (χ1v) is 10.7. The summed E-state index contributed by atoms with van der Waals surface area (Å²) < 4.78 is 1.83. The number of benzene rings is 2. The van der Waals surface area contributed by atoms with Crippen molar-refractivity contribution in [1.29, 1.82) is 0 Å². The Labute approximate surface area is 185 Å². The summed E-state index contributed by atoms with van der Waals surface area (Å²) in [7, 11) is 0. The minimum atomic E-state index is -0.185. The van der Waals surface area contributed by atoms with E-state index in [4.69, 9.17) is 4.98 Å². The fraction of sp³-hybridized carbons (Fsp3) is 0.200. The number of carbonyl (C=O) groups excluding carboxylic acids is 2. The summed E-state index contributed by atoms with van der Waals surface area (Å²) in [5, 5.41) is 11.1. The second-order valence-electron chi connectivity index (χ2n) is 7.96. The van der Waals surface area contributed by atoms with E-state index in [9.17, 15) is 9.59 Å². The van der Waals surface area contributed by atoms with Crippen molar-refractivity contribution in [2.75, 3.05) is 6.54 Å². The molecule has 32 heavy (non-hydrogen) atoms. The second-order valence-corrected chi connectivity index (χ2v) is 7.96. The van der Waals surface area contributed by atoms with Gasteiger partial charge in [-0.1, -0.05) is 60.7 Å². The Balaban J connectivity index is 1.54. The van der Waals surface area contributed by atoms with E-state index in [1.165, 1.54) is 0 Å². The highest BCUT2D eigenvalue weighted by molar-refractivity contribution is 6.06. The number of hydrogen-bond donors (Lipinski definition) is 2. The monoisotopic (exact) mass is 425 g/mol. The average molecular weight is 425 g/mol. The zero-order valence-electron chi connectivity index (χ0n) is 17.5. The van der Waals surface area contributed by atoms with Gasteiger partial charge in [0.05, 0.1) is 29.4 Å². The molecule has 160 valence electrons. The SMILES string of the molecule is O=C1CCC(NC(=O)c2cc(-c3ccccc3)nc3c2cnn3Cc2ccccc2)CN1. The third-order valence-electron chi connectivity index (χ3n) is 5.70. The van der Waals surface area contributed by atoms with Crippen LogP contribution in [0.1, 0.15) is 28.8 Å². The molecule has 0 radical (unpaired) electrons. The number of carbonyl (C=O) groups is 2. The minimum Gasteiger partial charge on any atom is -0.354 e. The molecule has 1 fully saturated rings. The van der Waals surface area contributed by atoms with Gasteiger partial charge in [-0.15, -0.1) is 0 Å².